The van der Waals surface area contributed by atoms with E-state index in [1.165, 1.54) is 19.2 Å². The van der Waals surface area contributed by atoms with Crippen LogP contribution in [0.1, 0.15) is 12.0 Å². The Labute approximate surface area is 200 Å². The van der Waals surface area contributed by atoms with E-state index in [9.17, 15) is 28.6 Å². The van der Waals surface area contributed by atoms with E-state index in [2.05, 4.69) is 15.6 Å². The molecule has 2 unspecified atom stereocenters. The minimum Gasteiger partial charge on any atom is -0.447 e. The summed E-state index contributed by atoms with van der Waals surface area (Å²) >= 11 is 0. The molecular formula is C24H26F2N4O5. The Morgan fingerprint density at radius 3 is 2.63 bits per heavy atom. The summed E-state index contributed by atoms with van der Waals surface area (Å²) in [6.07, 6.45) is -0.502. The van der Waals surface area contributed by atoms with Gasteiger partial charge in [-0.1, -0.05) is 36.4 Å². The van der Waals surface area contributed by atoms with Gasteiger partial charge in [0.15, 0.2) is 11.6 Å². The fourth-order valence-corrected chi connectivity index (χ4v) is 3.34. The maximum absolute atomic E-state index is 13.8. The van der Waals surface area contributed by atoms with Gasteiger partial charge in [-0.15, -0.1) is 0 Å². The van der Waals surface area contributed by atoms with Crippen LogP contribution < -0.4 is 10.6 Å². The zero-order valence-electron chi connectivity index (χ0n) is 18.9. The molecule has 0 saturated carbocycles. The number of likely N-dealkylation sites (N-methyl/N-ethyl adjacent to an activating group) is 1. The average molecular weight is 488 g/mol. The number of urea groups is 1. The van der Waals surface area contributed by atoms with Crippen molar-refractivity contribution in [1.29, 1.82) is 0 Å². The van der Waals surface area contributed by atoms with E-state index in [0.717, 1.165) is 21.7 Å². The van der Waals surface area contributed by atoms with Crippen molar-refractivity contribution in [2.45, 2.75) is 25.1 Å². The maximum Gasteiger partial charge on any atom is 0.412 e. The summed E-state index contributed by atoms with van der Waals surface area (Å²) in [5, 5.41) is 25.8. The van der Waals surface area contributed by atoms with E-state index in [-0.39, 0.29) is 31.0 Å². The van der Waals surface area contributed by atoms with E-state index in [4.69, 9.17) is 4.74 Å². The number of carbonyl (C=O) groups is 2. The molecule has 0 aliphatic carbocycles. The number of nitrogens with one attached hydrogen (secondary N) is 2. The number of aliphatic hydroxyl groups is 2. The summed E-state index contributed by atoms with van der Waals surface area (Å²) in [6.45, 7) is -1.15. The predicted molar refractivity (Wildman–Crippen MR) is 125 cm³/mol. The Hall–Kier alpha value is -3.83. The second-order valence-corrected chi connectivity index (χ2v) is 7.85. The lowest BCUT2D eigenvalue weighted by Crippen LogP contribution is -2.47. The Morgan fingerprint density at radius 2 is 1.89 bits per heavy atom. The van der Waals surface area contributed by atoms with Crippen LogP contribution in [0.2, 0.25) is 0 Å². The molecule has 9 nitrogen and oxygen atoms in total. The van der Waals surface area contributed by atoms with Gasteiger partial charge in [0.05, 0.1) is 18.8 Å². The third-order valence-electron chi connectivity index (χ3n) is 5.35. The van der Waals surface area contributed by atoms with Gasteiger partial charge in [0, 0.05) is 30.7 Å². The Balaban J connectivity index is 1.59. The fourth-order valence-electron chi connectivity index (χ4n) is 3.34. The first-order chi connectivity index (χ1) is 16.8. The lowest BCUT2D eigenvalue weighted by molar-refractivity contribution is 0.0480. The van der Waals surface area contributed by atoms with E-state index in [1.807, 2.05) is 24.3 Å². The second kappa shape index (κ2) is 12.0. The number of aromatic nitrogens is 1. The summed E-state index contributed by atoms with van der Waals surface area (Å²) in [6, 6.07) is 11.3. The van der Waals surface area contributed by atoms with Gasteiger partial charge in [0.2, 0.25) is 0 Å². The molecule has 0 saturated heterocycles. The van der Waals surface area contributed by atoms with E-state index < -0.39 is 42.5 Å². The number of benzene rings is 2. The van der Waals surface area contributed by atoms with Crippen LogP contribution in [0.15, 0.2) is 54.7 Å². The molecule has 4 N–H and O–H groups in total. The third-order valence-corrected chi connectivity index (χ3v) is 5.35. The van der Waals surface area contributed by atoms with Gasteiger partial charge in [-0.25, -0.2) is 23.4 Å². The molecule has 0 spiro atoms. The monoisotopic (exact) mass is 488 g/mol. The van der Waals surface area contributed by atoms with Crippen LogP contribution in [-0.4, -0.2) is 64.6 Å². The molecular weight excluding hydrogens is 462 g/mol. The Bertz CT molecular complexity index is 1180. The quantitative estimate of drug-likeness (QED) is 0.367. The first-order valence-corrected chi connectivity index (χ1v) is 10.8. The maximum atomic E-state index is 13.8. The van der Waals surface area contributed by atoms with Gasteiger partial charge in [-0.3, -0.25) is 5.32 Å². The number of rotatable bonds is 9. The first-order valence-electron chi connectivity index (χ1n) is 10.8. The van der Waals surface area contributed by atoms with Crippen molar-refractivity contribution in [2.24, 2.45) is 0 Å². The highest BCUT2D eigenvalue weighted by molar-refractivity contribution is 5.89. The third kappa shape index (κ3) is 7.08. The number of fused-ring (bicyclic) bond motifs is 1. The summed E-state index contributed by atoms with van der Waals surface area (Å²) < 4.78 is 32.4. The van der Waals surface area contributed by atoms with Crippen LogP contribution in [0.3, 0.4) is 0 Å². The topological polar surface area (TPSA) is 124 Å². The average Bonchev–Trinajstić information content (AvgIpc) is 2.86. The molecule has 1 aromatic heterocycles. The van der Waals surface area contributed by atoms with Crippen molar-refractivity contribution >= 4 is 28.7 Å². The molecule has 3 aromatic rings. The van der Waals surface area contributed by atoms with Gasteiger partial charge in [0.25, 0.3) is 0 Å². The predicted octanol–water partition coefficient (Wildman–Crippen LogP) is 3.02. The highest BCUT2D eigenvalue weighted by atomic mass is 19.2. The van der Waals surface area contributed by atoms with E-state index in [0.29, 0.717) is 0 Å². The normalized spacial score (nSPS) is 12.6. The molecule has 0 aliphatic rings. The number of carbonyl (C=O) groups excluding carboxylic acids is 2. The Morgan fingerprint density at radius 1 is 1.14 bits per heavy atom. The van der Waals surface area contributed by atoms with Gasteiger partial charge >= 0.3 is 12.1 Å². The number of hydrogen-bond acceptors (Lipinski definition) is 6. The van der Waals surface area contributed by atoms with Crippen LogP contribution in [0.5, 0.6) is 0 Å². The molecule has 0 bridgehead atoms. The van der Waals surface area contributed by atoms with Gasteiger partial charge < -0.3 is 25.2 Å². The van der Waals surface area contributed by atoms with E-state index >= 15 is 0 Å². The molecule has 35 heavy (non-hydrogen) atoms. The molecule has 2 atom stereocenters. The zero-order chi connectivity index (χ0) is 25.4. The number of amides is 3. The van der Waals surface area contributed by atoms with E-state index in [1.54, 1.807) is 12.3 Å². The van der Waals surface area contributed by atoms with Crippen molar-refractivity contribution in [3.05, 3.63) is 71.9 Å². The van der Waals surface area contributed by atoms with Gasteiger partial charge in [-0.2, -0.15) is 0 Å². The van der Waals surface area contributed by atoms with Crippen LogP contribution >= 0.6 is 0 Å². The molecule has 2 aromatic carbocycles. The van der Waals surface area contributed by atoms with Gasteiger partial charge in [-0.05, 0) is 23.9 Å². The smallest absolute Gasteiger partial charge is 0.412 e. The first kappa shape index (κ1) is 25.8. The molecule has 1 heterocycles. The lowest BCUT2D eigenvalue weighted by Gasteiger charge is -2.29. The van der Waals surface area contributed by atoms with Crippen molar-refractivity contribution in [3.8, 4) is 0 Å². The molecule has 0 radical (unpaired) electrons. The van der Waals surface area contributed by atoms with Crippen molar-refractivity contribution in [1.82, 2.24) is 15.2 Å². The molecule has 0 aliphatic heterocycles. The lowest BCUT2D eigenvalue weighted by atomic mass is 10.1. The molecule has 186 valence electrons. The summed E-state index contributed by atoms with van der Waals surface area (Å²) in [4.78, 5) is 30.2. The number of halogens is 2. The minimum atomic E-state index is -1.18. The Kier molecular flexibility index (Phi) is 8.87. The zero-order valence-corrected chi connectivity index (χ0v) is 18.9. The van der Waals surface area contributed by atoms with Crippen molar-refractivity contribution in [2.75, 3.05) is 25.6 Å². The highest BCUT2D eigenvalue weighted by Gasteiger charge is 2.25. The van der Waals surface area contributed by atoms with Gasteiger partial charge in [0.1, 0.15) is 12.4 Å². The van der Waals surface area contributed by atoms with Crippen molar-refractivity contribution < 1.29 is 33.3 Å². The summed E-state index contributed by atoms with van der Waals surface area (Å²) in [5.41, 5.74) is -0.0443. The fraction of sp³-hybridized carbons (Fsp3) is 0.292. The number of ether oxygens (including phenoxy) is 1. The summed E-state index contributed by atoms with van der Waals surface area (Å²) in [7, 11) is 1.39. The van der Waals surface area contributed by atoms with Crippen LogP contribution in [-0.2, 0) is 11.3 Å². The number of anilines is 1. The summed E-state index contributed by atoms with van der Waals surface area (Å²) in [5.74, 6) is -1.83. The standard InChI is InChI=1S/C24H26F2N4O5/c1-30(23(33)28-12-17-7-4-8-20(25)22(17)26)18(10-19(32)13-31)14-35-24(34)29-21-9-15-5-2-3-6-16(15)11-27-21/h2-9,11,18-19,31-32H,10,12-14H2,1H3,(H,28,33)(H,27,29,34). The SMILES string of the molecule is CN(C(=O)NCc1cccc(F)c1F)C(COC(=O)Nc1cc2ccccc2cn1)CC(O)CO. The number of hydrogen-bond donors (Lipinski definition) is 4. The number of pyridine rings is 1. The van der Waals surface area contributed by atoms with Crippen LogP contribution in [0.4, 0.5) is 24.2 Å². The minimum absolute atomic E-state index is 0.0443. The molecule has 3 amide bonds. The second-order valence-electron chi connectivity index (χ2n) is 7.85. The van der Waals surface area contributed by atoms with Crippen LogP contribution in [0.25, 0.3) is 10.8 Å². The molecule has 3 rings (SSSR count). The largest absolute Gasteiger partial charge is 0.447 e. The highest BCUT2D eigenvalue weighted by Crippen LogP contribution is 2.17. The van der Waals surface area contributed by atoms with Crippen LogP contribution in [0, 0.1) is 11.6 Å². The number of aliphatic hydroxyl groups excluding tert-OH is 2. The number of nitrogens with zero attached hydrogens (tertiary/aromatic N) is 2. The van der Waals surface area contributed by atoms with Crippen molar-refractivity contribution in [3.63, 3.8) is 0 Å². The molecule has 0 fully saturated rings. The molecule has 11 heteroatoms.